The Morgan fingerprint density at radius 2 is 1.96 bits per heavy atom. The highest BCUT2D eigenvalue weighted by molar-refractivity contribution is 5.90. The number of carbonyl (C=O) groups is 1. The molecule has 0 aromatic heterocycles. The topological polar surface area (TPSA) is 32.3 Å². The zero-order chi connectivity index (χ0) is 17.1. The number of hydrogen-bond donors (Lipinski definition) is 1. The van der Waals surface area contributed by atoms with E-state index in [2.05, 4.69) is 12.2 Å². The van der Waals surface area contributed by atoms with Crippen LogP contribution in [0.1, 0.15) is 30.9 Å². The molecule has 0 saturated heterocycles. The first-order valence-electron chi connectivity index (χ1n) is 8.42. The fourth-order valence-corrected chi connectivity index (χ4v) is 2.97. The van der Waals surface area contributed by atoms with E-state index in [0.29, 0.717) is 18.2 Å². The molecule has 4 heteroatoms. The van der Waals surface area contributed by atoms with Gasteiger partial charge in [-0.1, -0.05) is 30.3 Å². The maximum absolute atomic E-state index is 13.3. The zero-order valence-corrected chi connectivity index (χ0v) is 14.1. The zero-order valence-electron chi connectivity index (χ0n) is 14.1. The van der Waals surface area contributed by atoms with Gasteiger partial charge in [0.25, 0.3) is 0 Å². The molecule has 0 bridgehead atoms. The summed E-state index contributed by atoms with van der Waals surface area (Å²) in [7, 11) is 0. The third-order valence-corrected chi connectivity index (χ3v) is 4.68. The van der Waals surface area contributed by atoms with Gasteiger partial charge in [-0.05, 0) is 61.9 Å². The van der Waals surface area contributed by atoms with Crippen LogP contribution in [-0.2, 0) is 6.54 Å². The van der Waals surface area contributed by atoms with Crippen LogP contribution in [0.3, 0.4) is 0 Å². The second-order valence-electron chi connectivity index (χ2n) is 6.58. The molecule has 0 heterocycles. The first kappa shape index (κ1) is 16.5. The SMILES string of the molecule is Cc1cc(F)ccc1NC(=O)N(Cc1ccccc1)C(C)C1CC1. The highest BCUT2D eigenvalue weighted by Gasteiger charge is 2.34. The van der Waals surface area contributed by atoms with Gasteiger partial charge in [0.15, 0.2) is 0 Å². The quantitative estimate of drug-likeness (QED) is 0.827. The lowest BCUT2D eigenvalue weighted by atomic mass is 10.1. The van der Waals surface area contributed by atoms with Gasteiger partial charge in [-0.25, -0.2) is 9.18 Å². The van der Waals surface area contributed by atoms with Gasteiger partial charge < -0.3 is 10.2 Å². The van der Waals surface area contributed by atoms with Crippen LogP contribution < -0.4 is 5.32 Å². The predicted octanol–water partition coefficient (Wildman–Crippen LogP) is 4.97. The summed E-state index contributed by atoms with van der Waals surface area (Å²) in [5, 5.41) is 2.94. The number of nitrogens with one attached hydrogen (secondary N) is 1. The molecule has 1 saturated carbocycles. The minimum absolute atomic E-state index is 0.132. The Bertz CT molecular complexity index is 713. The summed E-state index contributed by atoms with van der Waals surface area (Å²) in [5.74, 6) is 0.284. The van der Waals surface area contributed by atoms with Crippen LogP contribution in [0.2, 0.25) is 0 Å². The van der Waals surface area contributed by atoms with E-state index in [4.69, 9.17) is 0 Å². The fourth-order valence-electron chi connectivity index (χ4n) is 2.97. The molecule has 2 aromatic rings. The molecule has 126 valence electrons. The highest BCUT2D eigenvalue weighted by Crippen LogP contribution is 2.36. The number of halogens is 1. The molecule has 3 nitrogen and oxygen atoms in total. The molecular weight excluding hydrogens is 303 g/mol. The Balaban J connectivity index is 1.77. The van der Waals surface area contributed by atoms with E-state index in [-0.39, 0.29) is 17.9 Å². The smallest absolute Gasteiger partial charge is 0.317 e. The number of rotatable bonds is 5. The third-order valence-electron chi connectivity index (χ3n) is 4.68. The van der Waals surface area contributed by atoms with Crippen LogP contribution in [0, 0.1) is 18.7 Å². The Labute approximate surface area is 142 Å². The lowest BCUT2D eigenvalue weighted by Crippen LogP contribution is -2.42. The molecule has 1 aliphatic carbocycles. The van der Waals surface area contributed by atoms with Crippen molar-refractivity contribution in [2.24, 2.45) is 5.92 Å². The van der Waals surface area contributed by atoms with Crippen LogP contribution in [0.15, 0.2) is 48.5 Å². The summed E-state index contributed by atoms with van der Waals surface area (Å²) < 4.78 is 13.3. The number of nitrogens with zero attached hydrogens (tertiary/aromatic N) is 1. The first-order valence-corrected chi connectivity index (χ1v) is 8.42. The average molecular weight is 326 g/mol. The summed E-state index contributed by atoms with van der Waals surface area (Å²) in [6, 6.07) is 14.5. The maximum atomic E-state index is 13.3. The molecule has 3 rings (SSSR count). The standard InChI is InChI=1S/C20H23FN2O/c1-14-12-18(21)10-11-19(14)22-20(24)23(15(2)17-8-9-17)13-16-6-4-3-5-7-16/h3-7,10-12,15,17H,8-9,13H2,1-2H3,(H,22,24). The van der Waals surface area contributed by atoms with Gasteiger partial charge in [0.05, 0.1) is 0 Å². The van der Waals surface area contributed by atoms with Crippen LogP contribution in [0.4, 0.5) is 14.9 Å². The van der Waals surface area contributed by atoms with Crippen molar-refractivity contribution in [3.63, 3.8) is 0 Å². The molecule has 1 atom stereocenters. The monoisotopic (exact) mass is 326 g/mol. The van der Waals surface area contributed by atoms with Crippen LogP contribution >= 0.6 is 0 Å². The minimum Gasteiger partial charge on any atom is -0.317 e. The molecule has 1 fully saturated rings. The second-order valence-corrected chi connectivity index (χ2v) is 6.58. The molecule has 1 aliphatic rings. The first-order chi connectivity index (χ1) is 11.5. The van der Waals surface area contributed by atoms with Crippen molar-refractivity contribution >= 4 is 11.7 Å². The summed E-state index contributed by atoms with van der Waals surface area (Å²) in [5.41, 5.74) is 2.49. The number of amides is 2. The second kappa shape index (κ2) is 7.04. The molecular formula is C20H23FN2O. The van der Waals surface area contributed by atoms with Gasteiger partial charge in [-0.2, -0.15) is 0 Å². The highest BCUT2D eigenvalue weighted by atomic mass is 19.1. The molecule has 0 radical (unpaired) electrons. The summed E-state index contributed by atoms with van der Waals surface area (Å²) >= 11 is 0. The number of benzene rings is 2. The lowest BCUT2D eigenvalue weighted by molar-refractivity contribution is 0.180. The molecule has 0 spiro atoms. The van der Waals surface area contributed by atoms with Crippen molar-refractivity contribution in [2.75, 3.05) is 5.32 Å². The van der Waals surface area contributed by atoms with Crippen molar-refractivity contribution in [2.45, 2.75) is 39.3 Å². The third kappa shape index (κ3) is 3.94. The Kier molecular flexibility index (Phi) is 4.84. The van der Waals surface area contributed by atoms with Crippen molar-refractivity contribution < 1.29 is 9.18 Å². The van der Waals surface area contributed by atoms with E-state index in [1.165, 1.54) is 25.0 Å². The van der Waals surface area contributed by atoms with Gasteiger partial charge in [0.2, 0.25) is 0 Å². The Morgan fingerprint density at radius 1 is 1.25 bits per heavy atom. The van der Waals surface area contributed by atoms with Gasteiger partial charge in [-0.3, -0.25) is 0 Å². The summed E-state index contributed by atoms with van der Waals surface area (Å²) in [4.78, 5) is 14.7. The van der Waals surface area contributed by atoms with Gasteiger partial charge in [0.1, 0.15) is 5.82 Å². The largest absolute Gasteiger partial charge is 0.322 e. The van der Waals surface area contributed by atoms with E-state index in [0.717, 1.165) is 11.1 Å². The number of urea groups is 1. The normalized spacial score (nSPS) is 15.0. The van der Waals surface area contributed by atoms with Crippen LogP contribution in [0.5, 0.6) is 0 Å². The molecule has 2 aromatic carbocycles. The Hall–Kier alpha value is -2.36. The van der Waals surface area contributed by atoms with E-state index in [1.807, 2.05) is 35.2 Å². The fraction of sp³-hybridized carbons (Fsp3) is 0.350. The van der Waals surface area contributed by atoms with Crippen LogP contribution in [0.25, 0.3) is 0 Å². The summed E-state index contributed by atoms with van der Waals surface area (Å²) in [6.07, 6.45) is 2.35. The average Bonchev–Trinajstić information content (AvgIpc) is 3.40. The van der Waals surface area contributed by atoms with Crippen molar-refractivity contribution in [1.29, 1.82) is 0 Å². The number of anilines is 1. The maximum Gasteiger partial charge on any atom is 0.322 e. The lowest BCUT2D eigenvalue weighted by Gasteiger charge is -2.30. The molecule has 2 amide bonds. The molecule has 24 heavy (non-hydrogen) atoms. The predicted molar refractivity (Wildman–Crippen MR) is 94.3 cm³/mol. The van der Waals surface area contributed by atoms with Gasteiger partial charge in [-0.15, -0.1) is 0 Å². The van der Waals surface area contributed by atoms with Crippen molar-refractivity contribution in [1.82, 2.24) is 4.90 Å². The van der Waals surface area contributed by atoms with Crippen molar-refractivity contribution in [3.8, 4) is 0 Å². The van der Waals surface area contributed by atoms with E-state index >= 15 is 0 Å². The van der Waals surface area contributed by atoms with Crippen molar-refractivity contribution in [3.05, 3.63) is 65.5 Å². The van der Waals surface area contributed by atoms with Gasteiger partial charge >= 0.3 is 6.03 Å². The van der Waals surface area contributed by atoms with Crippen LogP contribution in [-0.4, -0.2) is 17.0 Å². The van der Waals surface area contributed by atoms with Gasteiger partial charge in [0, 0.05) is 18.3 Å². The van der Waals surface area contributed by atoms with E-state index in [9.17, 15) is 9.18 Å². The molecule has 0 aliphatic heterocycles. The summed E-state index contributed by atoms with van der Waals surface area (Å²) in [6.45, 7) is 4.48. The molecule has 1 unspecified atom stereocenters. The molecule has 1 N–H and O–H groups in total. The number of carbonyl (C=O) groups excluding carboxylic acids is 1. The number of hydrogen-bond acceptors (Lipinski definition) is 1. The minimum atomic E-state index is -0.294. The number of aryl methyl sites for hydroxylation is 1. The van der Waals surface area contributed by atoms with E-state index in [1.54, 1.807) is 13.0 Å². The Morgan fingerprint density at radius 3 is 2.58 bits per heavy atom. The van der Waals surface area contributed by atoms with E-state index < -0.39 is 0 Å².